The van der Waals surface area contributed by atoms with Gasteiger partial charge in [0.25, 0.3) is 0 Å². The number of ether oxygens (including phenoxy) is 1. The first-order valence-corrected chi connectivity index (χ1v) is 10.1. The van der Waals surface area contributed by atoms with Gasteiger partial charge < -0.3 is 9.64 Å². The van der Waals surface area contributed by atoms with Crippen molar-refractivity contribution in [2.45, 2.75) is 4.90 Å². The van der Waals surface area contributed by atoms with Crippen molar-refractivity contribution in [1.29, 1.82) is 0 Å². The summed E-state index contributed by atoms with van der Waals surface area (Å²) in [6.07, 6.45) is 0. The van der Waals surface area contributed by atoms with Gasteiger partial charge in [0.1, 0.15) is 21.5 Å². The van der Waals surface area contributed by atoms with Crippen molar-refractivity contribution < 1.29 is 17.5 Å². The van der Waals surface area contributed by atoms with Crippen LogP contribution in [0.4, 0.5) is 10.1 Å². The number of para-hydroxylation sites is 1. The van der Waals surface area contributed by atoms with Crippen LogP contribution in [0.25, 0.3) is 0 Å². The van der Waals surface area contributed by atoms with E-state index >= 15 is 0 Å². The fraction of sp³-hybridized carbons (Fsp3) is 0.294. The van der Waals surface area contributed by atoms with E-state index in [1.165, 1.54) is 29.6 Å². The molecule has 0 saturated carbocycles. The predicted molar refractivity (Wildman–Crippen MR) is 100 cm³/mol. The summed E-state index contributed by atoms with van der Waals surface area (Å²) in [4.78, 5) is 1.76. The van der Waals surface area contributed by atoms with E-state index in [9.17, 15) is 12.8 Å². The second kappa shape index (κ2) is 7.60. The lowest BCUT2D eigenvalue weighted by Gasteiger charge is -2.35. The number of anilines is 1. The minimum absolute atomic E-state index is 0.0558. The van der Waals surface area contributed by atoms with Crippen LogP contribution in [0.3, 0.4) is 0 Å². The van der Waals surface area contributed by atoms with E-state index in [0.717, 1.165) is 0 Å². The van der Waals surface area contributed by atoms with E-state index in [-0.39, 0.29) is 33.8 Å². The number of benzene rings is 2. The van der Waals surface area contributed by atoms with Crippen molar-refractivity contribution in [3.8, 4) is 5.75 Å². The highest BCUT2D eigenvalue weighted by atomic mass is 35.5. The Bertz CT molecular complexity index is 916. The van der Waals surface area contributed by atoms with E-state index in [0.29, 0.717) is 24.5 Å². The maximum atomic E-state index is 13.9. The van der Waals surface area contributed by atoms with Gasteiger partial charge in [-0.2, -0.15) is 4.31 Å². The molecule has 140 valence electrons. The zero-order valence-corrected chi connectivity index (χ0v) is 16.3. The smallest absolute Gasteiger partial charge is 0.244 e. The third-order valence-electron chi connectivity index (χ3n) is 4.28. The molecule has 26 heavy (non-hydrogen) atoms. The third kappa shape index (κ3) is 3.49. The average Bonchev–Trinajstić information content (AvgIpc) is 2.64. The van der Waals surface area contributed by atoms with Crippen LogP contribution in [0.1, 0.15) is 0 Å². The van der Waals surface area contributed by atoms with Crippen molar-refractivity contribution in [3.05, 3.63) is 52.3 Å². The zero-order valence-electron chi connectivity index (χ0n) is 14.0. The second-order valence-electron chi connectivity index (χ2n) is 5.74. The van der Waals surface area contributed by atoms with Gasteiger partial charge in [0.05, 0.1) is 17.8 Å². The fourth-order valence-corrected chi connectivity index (χ4v) is 5.12. The summed E-state index contributed by atoms with van der Waals surface area (Å²) >= 11 is 12.2. The molecule has 1 aliphatic rings. The Morgan fingerprint density at radius 2 is 1.65 bits per heavy atom. The van der Waals surface area contributed by atoms with E-state index in [4.69, 9.17) is 27.9 Å². The summed E-state index contributed by atoms with van der Waals surface area (Å²) < 4.78 is 46.1. The molecule has 9 heteroatoms. The third-order valence-corrected chi connectivity index (χ3v) is 7.20. The van der Waals surface area contributed by atoms with Crippen LogP contribution in [0, 0.1) is 5.82 Å². The Morgan fingerprint density at radius 1 is 1.00 bits per heavy atom. The standard InChI is InChI=1S/C17H17Cl2FN2O3S/c1-25-14-6-7-15(17(19)16(14)18)26(23,24)22-10-8-21(9-11-22)13-5-3-2-4-12(13)20/h2-7H,8-11H2,1H3. The van der Waals surface area contributed by atoms with Gasteiger partial charge in [0, 0.05) is 26.2 Å². The molecule has 1 aliphatic heterocycles. The first-order valence-electron chi connectivity index (χ1n) is 7.88. The van der Waals surface area contributed by atoms with Gasteiger partial charge in [-0.1, -0.05) is 35.3 Å². The van der Waals surface area contributed by atoms with Gasteiger partial charge in [-0.15, -0.1) is 0 Å². The molecule has 1 fully saturated rings. The zero-order chi connectivity index (χ0) is 18.9. The second-order valence-corrected chi connectivity index (χ2v) is 8.40. The lowest BCUT2D eigenvalue weighted by atomic mass is 10.2. The molecule has 0 N–H and O–H groups in total. The van der Waals surface area contributed by atoms with Gasteiger partial charge in [0.15, 0.2) is 0 Å². The number of sulfonamides is 1. The van der Waals surface area contributed by atoms with Crippen molar-refractivity contribution in [3.63, 3.8) is 0 Å². The average molecular weight is 419 g/mol. The first-order chi connectivity index (χ1) is 12.4. The number of methoxy groups -OCH3 is 1. The van der Waals surface area contributed by atoms with Crippen molar-refractivity contribution in [2.24, 2.45) is 0 Å². The molecule has 2 aromatic carbocycles. The summed E-state index contributed by atoms with van der Waals surface area (Å²) in [5.74, 6) is -0.0197. The predicted octanol–water partition coefficient (Wildman–Crippen LogP) is 3.65. The normalized spacial score (nSPS) is 15.9. The highest BCUT2D eigenvalue weighted by Gasteiger charge is 2.32. The minimum atomic E-state index is -3.81. The Hall–Kier alpha value is -1.54. The monoisotopic (exact) mass is 418 g/mol. The molecule has 0 bridgehead atoms. The Kier molecular flexibility index (Phi) is 5.62. The lowest BCUT2D eigenvalue weighted by molar-refractivity contribution is 0.383. The van der Waals surface area contributed by atoms with Crippen LogP contribution < -0.4 is 9.64 Å². The molecule has 1 heterocycles. The maximum absolute atomic E-state index is 13.9. The molecule has 5 nitrogen and oxygen atoms in total. The fourth-order valence-electron chi connectivity index (χ4n) is 2.89. The molecular formula is C17H17Cl2FN2O3S. The van der Waals surface area contributed by atoms with Crippen LogP contribution in [-0.4, -0.2) is 46.0 Å². The molecular weight excluding hydrogens is 402 g/mol. The molecule has 1 saturated heterocycles. The number of nitrogens with zero attached hydrogens (tertiary/aromatic N) is 2. The Morgan fingerprint density at radius 3 is 2.27 bits per heavy atom. The summed E-state index contributed by atoms with van der Waals surface area (Å²) in [6.45, 7) is 1.19. The molecule has 0 aliphatic carbocycles. The van der Waals surface area contributed by atoms with Gasteiger partial charge in [-0.3, -0.25) is 0 Å². The quantitative estimate of drug-likeness (QED) is 0.759. The summed E-state index contributed by atoms with van der Waals surface area (Å²) in [7, 11) is -2.39. The highest BCUT2D eigenvalue weighted by Crippen LogP contribution is 2.38. The molecule has 0 atom stereocenters. The van der Waals surface area contributed by atoms with E-state index in [2.05, 4.69) is 0 Å². The molecule has 0 spiro atoms. The summed E-state index contributed by atoms with van der Waals surface area (Å²) in [6, 6.07) is 9.29. The van der Waals surface area contributed by atoms with Gasteiger partial charge in [-0.05, 0) is 24.3 Å². The maximum Gasteiger partial charge on any atom is 0.244 e. The van der Waals surface area contributed by atoms with Gasteiger partial charge >= 0.3 is 0 Å². The van der Waals surface area contributed by atoms with Crippen molar-refractivity contribution in [2.75, 3.05) is 38.2 Å². The van der Waals surface area contributed by atoms with Crippen molar-refractivity contribution in [1.82, 2.24) is 4.31 Å². The molecule has 0 amide bonds. The summed E-state index contributed by atoms with van der Waals surface area (Å²) in [5, 5.41) is -0.0113. The minimum Gasteiger partial charge on any atom is -0.495 e. The molecule has 3 rings (SSSR count). The van der Waals surface area contributed by atoms with E-state index in [1.54, 1.807) is 18.2 Å². The number of rotatable bonds is 4. The Balaban J connectivity index is 1.81. The number of hydrogen-bond donors (Lipinski definition) is 0. The topological polar surface area (TPSA) is 49.9 Å². The largest absolute Gasteiger partial charge is 0.495 e. The first kappa shape index (κ1) is 19.2. The van der Waals surface area contributed by atoms with Crippen LogP contribution >= 0.6 is 23.2 Å². The van der Waals surface area contributed by atoms with Gasteiger partial charge in [0.2, 0.25) is 10.0 Å². The Labute approximate surface area is 161 Å². The molecule has 0 unspecified atom stereocenters. The lowest BCUT2D eigenvalue weighted by Crippen LogP contribution is -2.49. The van der Waals surface area contributed by atoms with Crippen LogP contribution in [-0.2, 0) is 10.0 Å². The van der Waals surface area contributed by atoms with Crippen LogP contribution in [0.5, 0.6) is 5.75 Å². The summed E-state index contributed by atoms with van der Waals surface area (Å²) in [5.41, 5.74) is 0.468. The number of piperazine rings is 1. The van der Waals surface area contributed by atoms with Crippen LogP contribution in [0.15, 0.2) is 41.3 Å². The van der Waals surface area contributed by atoms with E-state index < -0.39 is 10.0 Å². The SMILES string of the molecule is COc1ccc(S(=O)(=O)N2CCN(c3ccccc3F)CC2)c(Cl)c1Cl. The van der Waals surface area contributed by atoms with Crippen LogP contribution in [0.2, 0.25) is 10.0 Å². The number of hydrogen-bond acceptors (Lipinski definition) is 4. The molecule has 2 aromatic rings. The number of halogens is 3. The van der Waals surface area contributed by atoms with E-state index in [1.807, 2.05) is 4.90 Å². The molecule has 0 aromatic heterocycles. The van der Waals surface area contributed by atoms with Gasteiger partial charge in [-0.25, -0.2) is 12.8 Å². The highest BCUT2D eigenvalue weighted by molar-refractivity contribution is 7.89. The molecule has 0 radical (unpaired) electrons. The van der Waals surface area contributed by atoms with Crippen molar-refractivity contribution >= 4 is 38.9 Å².